The van der Waals surface area contributed by atoms with Gasteiger partial charge in [-0.3, -0.25) is 4.90 Å². The molecule has 0 aliphatic carbocycles. The number of benzene rings is 1. The summed E-state index contributed by atoms with van der Waals surface area (Å²) in [6.07, 6.45) is 2.19. The Morgan fingerprint density at radius 3 is 2.68 bits per heavy atom. The van der Waals surface area contributed by atoms with Crippen LogP contribution in [0.25, 0.3) is 11.4 Å². The van der Waals surface area contributed by atoms with Gasteiger partial charge in [0.05, 0.1) is 11.5 Å². The maximum atomic E-state index is 13.7. The van der Waals surface area contributed by atoms with Crippen LogP contribution in [0, 0.1) is 5.82 Å². The normalized spacial score (nSPS) is 21.0. The van der Waals surface area contributed by atoms with Crippen LogP contribution in [0.3, 0.4) is 0 Å². The number of nitrogens with zero attached hydrogens (tertiary/aromatic N) is 3. The first-order valence-corrected chi connectivity index (χ1v) is 7.71. The van der Waals surface area contributed by atoms with E-state index in [0.29, 0.717) is 23.3 Å². The predicted molar refractivity (Wildman–Crippen MR) is 77.8 cm³/mol. The van der Waals surface area contributed by atoms with Gasteiger partial charge in [-0.05, 0) is 25.0 Å². The van der Waals surface area contributed by atoms with E-state index in [0.717, 1.165) is 39.1 Å². The van der Waals surface area contributed by atoms with Gasteiger partial charge >= 0.3 is 0 Å². The number of rotatable bonds is 3. The highest BCUT2D eigenvalue weighted by Gasteiger charge is 2.37. The highest BCUT2D eigenvalue weighted by molar-refractivity contribution is 5.54. The summed E-state index contributed by atoms with van der Waals surface area (Å²) < 4.78 is 24.5. The lowest BCUT2D eigenvalue weighted by molar-refractivity contribution is -0.00324. The van der Waals surface area contributed by atoms with Crippen molar-refractivity contribution in [3.05, 3.63) is 36.0 Å². The molecule has 0 saturated carbocycles. The second-order valence-corrected chi connectivity index (χ2v) is 5.93. The first-order chi connectivity index (χ1) is 10.8. The Hall–Kier alpha value is -1.79. The fourth-order valence-corrected chi connectivity index (χ4v) is 3.17. The molecule has 0 spiro atoms. The molecule has 0 amide bonds. The van der Waals surface area contributed by atoms with Crippen LogP contribution in [0.5, 0.6) is 0 Å². The largest absolute Gasteiger partial charge is 0.381 e. The lowest BCUT2D eigenvalue weighted by Gasteiger charge is -2.44. The molecule has 0 radical (unpaired) electrons. The summed E-state index contributed by atoms with van der Waals surface area (Å²) in [5, 5.41) is 3.92. The first kappa shape index (κ1) is 13.8. The maximum Gasteiger partial charge on any atom is 0.232 e. The van der Waals surface area contributed by atoms with Gasteiger partial charge in [0.15, 0.2) is 0 Å². The van der Waals surface area contributed by atoms with Crippen LogP contribution < -0.4 is 0 Å². The molecule has 2 aliphatic heterocycles. The molecule has 1 aromatic heterocycles. The van der Waals surface area contributed by atoms with Gasteiger partial charge in [-0.1, -0.05) is 17.3 Å². The Balaban J connectivity index is 1.42. The third-order valence-corrected chi connectivity index (χ3v) is 4.52. The lowest BCUT2D eigenvalue weighted by atomic mass is 9.94. The molecule has 22 heavy (non-hydrogen) atoms. The molecule has 0 unspecified atom stereocenters. The number of ether oxygens (including phenoxy) is 1. The fraction of sp³-hybridized carbons (Fsp3) is 0.500. The van der Waals surface area contributed by atoms with Crippen molar-refractivity contribution in [2.45, 2.75) is 24.8 Å². The van der Waals surface area contributed by atoms with Crippen molar-refractivity contribution in [2.75, 3.05) is 26.3 Å². The van der Waals surface area contributed by atoms with Crippen LogP contribution in [0.2, 0.25) is 0 Å². The summed E-state index contributed by atoms with van der Waals surface area (Å²) in [7, 11) is 0. The van der Waals surface area contributed by atoms with Crippen LogP contribution in [0.15, 0.2) is 28.8 Å². The summed E-state index contributed by atoms with van der Waals surface area (Å²) in [5.41, 5.74) is 0.387. The SMILES string of the molecule is Fc1ccccc1-c1noc(C2CN(C3CCOCC3)C2)n1. The van der Waals surface area contributed by atoms with Gasteiger partial charge < -0.3 is 9.26 Å². The molecule has 2 fully saturated rings. The van der Waals surface area contributed by atoms with Crippen LogP contribution in [0.1, 0.15) is 24.7 Å². The third-order valence-electron chi connectivity index (χ3n) is 4.52. The van der Waals surface area contributed by atoms with E-state index in [2.05, 4.69) is 15.0 Å². The Labute approximate surface area is 128 Å². The van der Waals surface area contributed by atoms with Crippen LogP contribution >= 0.6 is 0 Å². The number of hydrogen-bond acceptors (Lipinski definition) is 5. The van der Waals surface area contributed by atoms with E-state index < -0.39 is 0 Å². The summed E-state index contributed by atoms with van der Waals surface area (Å²) >= 11 is 0. The molecule has 116 valence electrons. The molecule has 0 N–H and O–H groups in total. The van der Waals surface area contributed by atoms with Gasteiger partial charge in [-0.2, -0.15) is 4.98 Å². The Kier molecular flexibility index (Phi) is 3.63. The van der Waals surface area contributed by atoms with Gasteiger partial charge in [-0.25, -0.2) is 4.39 Å². The molecular weight excluding hydrogens is 285 g/mol. The second-order valence-electron chi connectivity index (χ2n) is 5.93. The Bertz CT molecular complexity index is 648. The third kappa shape index (κ3) is 2.53. The topological polar surface area (TPSA) is 51.4 Å². The second kappa shape index (κ2) is 5.78. The van der Waals surface area contributed by atoms with Gasteiger partial charge in [0.25, 0.3) is 0 Å². The molecule has 2 aromatic rings. The van der Waals surface area contributed by atoms with E-state index in [1.165, 1.54) is 6.07 Å². The van der Waals surface area contributed by atoms with E-state index in [-0.39, 0.29) is 11.7 Å². The van der Waals surface area contributed by atoms with Crippen LogP contribution in [-0.4, -0.2) is 47.4 Å². The van der Waals surface area contributed by atoms with E-state index in [1.54, 1.807) is 18.2 Å². The number of hydrogen-bond donors (Lipinski definition) is 0. The lowest BCUT2D eigenvalue weighted by Crippen LogP contribution is -2.52. The Morgan fingerprint density at radius 1 is 1.14 bits per heavy atom. The molecular formula is C16H18FN3O2. The van der Waals surface area contributed by atoms with Crippen molar-refractivity contribution >= 4 is 0 Å². The van der Waals surface area contributed by atoms with Crippen LogP contribution in [0.4, 0.5) is 4.39 Å². The number of aromatic nitrogens is 2. The van der Waals surface area contributed by atoms with E-state index in [4.69, 9.17) is 9.26 Å². The minimum Gasteiger partial charge on any atom is -0.381 e. The highest BCUT2D eigenvalue weighted by Crippen LogP contribution is 2.31. The van der Waals surface area contributed by atoms with Crippen molar-refractivity contribution in [3.63, 3.8) is 0 Å². The van der Waals surface area contributed by atoms with E-state index in [1.807, 2.05) is 0 Å². The Morgan fingerprint density at radius 2 is 1.91 bits per heavy atom. The molecule has 0 bridgehead atoms. The van der Waals surface area contributed by atoms with Crippen molar-refractivity contribution in [1.29, 1.82) is 0 Å². The molecule has 5 nitrogen and oxygen atoms in total. The van der Waals surface area contributed by atoms with Gasteiger partial charge in [-0.15, -0.1) is 0 Å². The first-order valence-electron chi connectivity index (χ1n) is 7.71. The average molecular weight is 303 g/mol. The van der Waals surface area contributed by atoms with Crippen molar-refractivity contribution in [1.82, 2.24) is 15.0 Å². The fourth-order valence-electron chi connectivity index (χ4n) is 3.17. The minimum atomic E-state index is -0.327. The zero-order valence-corrected chi connectivity index (χ0v) is 12.2. The summed E-state index contributed by atoms with van der Waals surface area (Å²) in [6, 6.07) is 7.10. The predicted octanol–water partition coefficient (Wildman–Crippen LogP) is 2.45. The molecule has 4 rings (SSSR count). The minimum absolute atomic E-state index is 0.260. The monoisotopic (exact) mass is 303 g/mol. The van der Waals surface area contributed by atoms with Crippen molar-refractivity contribution in [3.8, 4) is 11.4 Å². The number of halogens is 1. The van der Waals surface area contributed by atoms with E-state index >= 15 is 0 Å². The average Bonchev–Trinajstić information content (AvgIpc) is 2.97. The zero-order valence-electron chi connectivity index (χ0n) is 12.2. The van der Waals surface area contributed by atoms with Gasteiger partial charge in [0.2, 0.25) is 11.7 Å². The number of likely N-dealkylation sites (tertiary alicyclic amines) is 1. The van der Waals surface area contributed by atoms with Crippen LogP contribution in [-0.2, 0) is 4.74 Å². The van der Waals surface area contributed by atoms with Gasteiger partial charge in [0.1, 0.15) is 5.82 Å². The quantitative estimate of drug-likeness (QED) is 0.872. The van der Waals surface area contributed by atoms with E-state index in [9.17, 15) is 4.39 Å². The molecule has 2 saturated heterocycles. The van der Waals surface area contributed by atoms with Gasteiger partial charge in [0, 0.05) is 32.3 Å². The molecule has 1 aromatic carbocycles. The van der Waals surface area contributed by atoms with Crippen molar-refractivity contribution in [2.24, 2.45) is 0 Å². The summed E-state index contributed by atoms with van der Waals surface area (Å²) in [6.45, 7) is 3.57. The molecule has 2 aliphatic rings. The summed E-state index contributed by atoms with van der Waals surface area (Å²) in [5.74, 6) is 0.877. The molecule has 0 atom stereocenters. The highest BCUT2D eigenvalue weighted by atomic mass is 19.1. The smallest absolute Gasteiger partial charge is 0.232 e. The summed E-state index contributed by atoms with van der Waals surface area (Å²) in [4.78, 5) is 6.82. The molecule has 6 heteroatoms. The zero-order chi connectivity index (χ0) is 14.9. The van der Waals surface area contributed by atoms with Crippen molar-refractivity contribution < 1.29 is 13.7 Å². The molecule has 3 heterocycles. The maximum absolute atomic E-state index is 13.7. The standard InChI is InChI=1S/C16H18FN3O2/c17-14-4-2-1-3-13(14)15-18-16(22-19-15)11-9-20(10-11)12-5-7-21-8-6-12/h1-4,11-12H,5-10H2.